The summed E-state index contributed by atoms with van der Waals surface area (Å²) in [7, 11) is 0. The molecule has 2 aliphatic heterocycles. The zero-order valence-corrected chi connectivity index (χ0v) is 18.2. The van der Waals surface area contributed by atoms with Gasteiger partial charge < -0.3 is 23.7 Å². The third-order valence-electron chi connectivity index (χ3n) is 6.30. The number of hydrogen-bond donors (Lipinski definition) is 0. The van der Waals surface area contributed by atoms with Crippen LogP contribution in [0.2, 0.25) is 0 Å². The second kappa shape index (κ2) is 9.60. The minimum atomic E-state index is -0.224. The second-order valence-electron chi connectivity index (χ2n) is 8.88. The molecule has 2 aromatic rings. The molecule has 0 amide bonds. The Balaban J connectivity index is 1.12. The molecule has 5 unspecified atom stereocenters. The van der Waals surface area contributed by atoms with Gasteiger partial charge in [0, 0.05) is 6.42 Å². The lowest BCUT2D eigenvalue weighted by Crippen LogP contribution is -2.22. The predicted octanol–water partition coefficient (Wildman–Crippen LogP) is 5.22. The van der Waals surface area contributed by atoms with Gasteiger partial charge in [-0.1, -0.05) is 37.6 Å². The summed E-state index contributed by atoms with van der Waals surface area (Å²) < 4.78 is 28.7. The van der Waals surface area contributed by atoms with Gasteiger partial charge in [-0.2, -0.15) is 0 Å². The summed E-state index contributed by atoms with van der Waals surface area (Å²) in [6.07, 6.45) is 6.52. The molecule has 5 heteroatoms. The van der Waals surface area contributed by atoms with Gasteiger partial charge in [0.15, 0.2) is 6.29 Å². The molecule has 2 aromatic carbocycles. The van der Waals surface area contributed by atoms with Crippen LogP contribution in [0.25, 0.3) is 11.1 Å². The molecule has 5 nitrogen and oxygen atoms in total. The lowest BCUT2D eigenvalue weighted by atomic mass is 9.90. The molecule has 5 atom stereocenters. The maximum Gasteiger partial charge on any atom is 0.199 e. The van der Waals surface area contributed by atoms with E-state index in [1.807, 2.05) is 12.1 Å². The van der Waals surface area contributed by atoms with Crippen LogP contribution >= 0.6 is 0 Å². The monoisotopic (exact) mass is 424 g/mol. The molecule has 1 saturated carbocycles. The van der Waals surface area contributed by atoms with Gasteiger partial charge in [0.05, 0.1) is 32.0 Å². The van der Waals surface area contributed by atoms with Crippen molar-refractivity contribution >= 4 is 0 Å². The van der Waals surface area contributed by atoms with Gasteiger partial charge in [0.2, 0.25) is 0 Å². The molecule has 0 bridgehead atoms. The molecule has 31 heavy (non-hydrogen) atoms. The van der Waals surface area contributed by atoms with Gasteiger partial charge in [0.1, 0.15) is 17.6 Å². The van der Waals surface area contributed by atoms with E-state index < -0.39 is 0 Å². The van der Waals surface area contributed by atoms with Crippen molar-refractivity contribution < 1.29 is 23.7 Å². The Morgan fingerprint density at radius 2 is 1.61 bits per heavy atom. The Kier molecular flexibility index (Phi) is 6.44. The van der Waals surface area contributed by atoms with Crippen molar-refractivity contribution in [1.82, 2.24) is 0 Å². The smallest absolute Gasteiger partial charge is 0.199 e. The first-order chi connectivity index (χ1) is 15.3. The van der Waals surface area contributed by atoms with Crippen molar-refractivity contribution in [3.05, 3.63) is 48.5 Å². The molecule has 0 N–H and O–H groups in total. The predicted molar refractivity (Wildman–Crippen MR) is 118 cm³/mol. The third-order valence-corrected chi connectivity index (χ3v) is 6.30. The van der Waals surface area contributed by atoms with Crippen LogP contribution in [0.1, 0.15) is 39.0 Å². The van der Waals surface area contributed by atoms with Crippen molar-refractivity contribution in [1.29, 1.82) is 0 Å². The van der Waals surface area contributed by atoms with E-state index in [2.05, 4.69) is 43.3 Å². The van der Waals surface area contributed by atoms with E-state index in [4.69, 9.17) is 23.7 Å². The van der Waals surface area contributed by atoms with Crippen LogP contribution in [-0.2, 0) is 14.2 Å². The number of hydrogen-bond acceptors (Lipinski definition) is 5. The Bertz CT molecular complexity index is 830. The minimum absolute atomic E-state index is 0.224. The topological polar surface area (TPSA) is 52.8 Å². The van der Waals surface area contributed by atoms with Gasteiger partial charge >= 0.3 is 0 Å². The normalized spacial score (nSPS) is 27.3. The Hall–Kier alpha value is -2.08. The van der Waals surface area contributed by atoms with Crippen LogP contribution in [0.3, 0.4) is 0 Å². The first-order valence-electron chi connectivity index (χ1n) is 11.7. The highest BCUT2D eigenvalue weighted by molar-refractivity contribution is 5.64. The van der Waals surface area contributed by atoms with E-state index in [9.17, 15) is 0 Å². The molecule has 166 valence electrons. The molecule has 0 spiro atoms. The van der Waals surface area contributed by atoms with Gasteiger partial charge in [-0.05, 0) is 60.6 Å². The third kappa shape index (κ3) is 5.79. The summed E-state index contributed by atoms with van der Waals surface area (Å²) in [5, 5.41) is 0. The molecule has 3 fully saturated rings. The van der Waals surface area contributed by atoms with Crippen molar-refractivity contribution in [2.75, 3.05) is 19.8 Å². The van der Waals surface area contributed by atoms with Gasteiger partial charge in [0.25, 0.3) is 0 Å². The summed E-state index contributed by atoms with van der Waals surface area (Å²) in [5.74, 6) is 2.38. The molecule has 2 heterocycles. The molecule has 1 aliphatic carbocycles. The molecular weight excluding hydrogens is 392 g/mol. The highest BCUT2D eigenvalue weighted by Crippen LogP contribution is 2.39. The van der Waals surface area contributed by atoms with Crippen LogP contribution in [0.4, 0.5) is 0 Å². The number of rotatable bonds is 11. The van der Waals surface area contributed by atoms with Crippen molar-refractivity contribution in [2.24, 2.45) is 5.92 Å². The van der Waals surface area contributed by atoms with E-state index >= 15 is 0 Å². The quantitative estimate of drug-likeness (QED) is 0.366. The average Bonchev–Trinajstić information content (AvgIpc) is 3.72. The van der Waals surface area contributed by atoms with Crippen molar-refractivity contribution in [3.8, 4) is 22.6 Å². The van der Waals surface area contributed by atoms with E-state index in [1.165, 1.54) is 12.8 Å². The molecular formula is C26H32O5. The molecule has 0 aromatic heterocycles. The molecule has 3 aliphatic rings. The summed E-state index contributed by atoms with van der Waals surface area (Å²) >= 11 is 0. The van der Waals surface area contributed by atoms with Crippen molar-refractivity contribution in [3.63, 3.8) is 0 Å². The first-order valence-corrected chi connectivity index (χ1v) is 11.7. The Morgan fingerprint density at radius 1 is 0.903 bits per heavy atom. The summed E-state index contributed by atoms with van der Waals surface area (Å²) in [5.41, 5.74) is 2.32. The Labute approximate surface area is 184 Å². The Morgan fingerprint density at radius 3 is 2.26 bits per heavy atom. The van der Waals surface area contributed by atoms with E-state index in [0.717, 1.165) is 55.1 Å². The lowest BCUT2D eigenvalue weighted by molar-refractivity contribution is -0.0885. The van der Waals surface area contributed by atoms with Gasteiger partial charge in [-0.15, -0.1) is 0 Å². The lowest BCUT2D eigenvalue weighted by Gasteiger charge is -2.19. The number of epoxide rings is 2. The SMILES string of the molecule is CCCC(OCC1CO1)Oc1ccc(-c2ccc(OCC3CCC4OC4C3)cc2)cc1. The van der Waals surface area contributed by atoms with E-state index in [1.54, 1.807) is 0 Å². The van der Waals surface area contributed by atoms with Crippen LogP contribution in [0.5, 0.6) is 11.5 Å². The minimum Gasteiger partial charge on any atom is -0.493 e. The standard InChI is InChI=1S/C26H32O5/c1-2-3-26(29-17-23-16-28-23)30-22-11-7-20(8-12-22)19-5-9-21(10-6-19)27-15-18-4-13-24-25(14-18)31-24/h5-12,18,23-26H,2-4,13-17H2,1H3. The molecule has 0 radical (unpaired) electrons. The number of ether oxygens (including phenoxy) is 5. The zero-order chi connectivity index (χ0) is 21.0. The molecule has 2 saturated heterocycles. The van der Waals surface area contributed by atoms with Crippen LogP contribution in [0, 0.1) is 5.92 Å². The second-order valence-corrected chi connectivity index (χ2v) is 8.88. The fraction of sp³-hybridized carbons (Fsp3) is 0.538. The fourth-order valence-electron chi connectivity index (χ4n) is 4.26. The maximum absolute atomic E-state index is 6.04. The average molecular weight is 425 g/mol. The highest BCUT2D eigenvalue weighted by Gasteiger charge is 2.43. The van der Waals surface area contributed by atoms with E-state index in [-0.39, 0.29) is 12.4 Å². The largest absolute Gasteiger partial charge is 0.493 e. The summed E-state index contributed by atoms with van der Waals surface area (Å²) in [4.78, 5) is 0. The fourth-order valence-corrected chi connectivity index (χ4v) is 4.26. The van der Waals surface area contributed by atoms with Gasteiger partial charge in [-0.3, -0.25) is 0 Å². The van der Waals surface area contributed by atoms with Crippen molar-refractivity contribution in [2.45, 2.75) is 63.6 Å². The first kappa shape index (κ1) is 20.8. The van der Waals surface area contributed by atoms with Crippen LogP contribution in [-0.4, -0.2) is 44.4 Å². The van der Waals surface area contributed by atoms with Crippen LogP contribution < -0.4 is 9.47 Å². The number of benzene rings is 2. The number of fused-ring (bicyclic) bond motifs is 1. The van der Waals surface area contributed by atoms with E-state index in [0.29, 0.717) is 24.7 Å². The van der Waals surface area contributed by atoms with Crippen LogP contribution in [0.15, 0.2) is 48.5 Å². The maximum atomic E-state index is 6.04. The zero-order valence-electron chi connectivity index (χ0n) is 18.2. The van der Waals surface area contributed by atoms with Gasteiger partial charge in [-0.25, -0.2) is 0 Å². The summed E-state index contributed by atoms with van der Waals surface area (Å²) in [6, 6.07) is 16.5. The molecule has 5 rings (SSSR count). The summed E-state index contributed by atoms with van der Waals surface area (Å²) in [6.45, 7) is 4.32. The highest BCUT2D eigenvalue weighted by atomic mass is 16.7.